The summed E-state index contributed by atoms with van der Waals surface area (Å²) in [5.74, 6) is -1.65. The predicted octanol–water partition coefficient (Wildman–Crippen LogP) is 2.73. The molecule has 1 amide bonds. The zero-order chi connectivity index (χ0) is 18.3. The lowest BCUT2D eigenvalue weighted by molar-refractivity contribution is -0.139. The van der Waals surface area contributed by atoms with Crippen molar-refractivity contribution < 1.29 is 14.7 Å². The van der Waals surface area contributed by atoms with E-state index in [9.17, 15) is 14.7 Å². The summed E-state index contributed by atoms with van der Waals surface area (Å²) in [5.41, 5.74) is 2.64. The fourth-order valence-electron chi connectivity index (χ4n) is 3.03. The van der Waals surface area contributed by atoms with Crippen molar-refractivity contribution in [1.82, 2.24) is 20.1 Å². The molecule has 130 valence electrons. The number of amides is 1. The molecule has 0 aliphatic carbocycles. The molecule has 3 rings (SSSR count). The van der Waals surface area contributed by atoms with Crippen LogP contribution in [0.2, 0.25) is 5.02 Å². The van der Waals surface area contributed by atoms with Gasteiger partial charge in [-0.3, -0.25) is 9.89 Å². The molecule has 2 aromatic heterocycles. The minimum atomic E-state index is -1.19. The van der Waals surface area contributed by atoms with E-state index in [0.29, 0.717) is 27.7 Å². The Kier molecular flexibility index (Phi) is 4.26. The maximum atomic E-state index is 12.7. The molecule has 0 saturated carbocycles. The molecule has 8 heteroatoms. The largest absolute Gasteiger partial charge is 0.479 e. The molecule has 0 aliphatic rings. The fourth-order valence-corrected chi connectivity index (χ4v) is 3.34. The van der Waals surface area contributed by atoms with Gasteiger partial charge in [-0.1, -0.05) is 23.7 Å². The Morgan fingerprint density at radius 1 is 1.36 bits per heavy atom. The van der Waals surface area contributed by atoms with Gasteiger partial charge in [0.1, 0.15) is 5.69 Å². The maximum Gasteiger partial charge on any atom is 0.331 e. The summed E-state index contributed by atoms with van der Waals surface area (Å²) in [6, 6.07) is 5.87. The summed E-state index contributed by atoms with van der Waals surface area (Å²) in [7, 11) is 1.72. The number of aryl methyl sites for hydroxylation is 3. The van der Waals surface area contributed by atoms with E-state index in [-0.39, 0.29) is 0 Å². The van der Waals surface area contributed by atoms with E-state index in [2.05, 4.69) is 15.5 Å². The maximum absolute atomic E-state index is 12.7. The number of carbonyl (C=O) groups is 2. The van der Waals surface area contributed by atoms with E-state index in [4.69, 9.17) is 11.6 Å². The van der Waals surface area contributed by atoms with Gasteiger partial charge in [0.05, 0.1) is 16.2 Å². The lowest BCUT2D eigenvalue weighted by Crippen LogP contribution is -2.35. The highest BCUT2D eigenvalue weighted by Crippen LogP contribution is 2.27. The quantitative estimate of drug-likeness (QED) is 0.666. The third-order valence-electron chi connectivity index (χ3n) is 4.24. The number of aliphatic carboxylic acids is 1. The number of carboxylic acids is 1. The molecule has 2 heterocycles. The van der Waals surface area contributed by atoms with Crippen molar-refractivity contribution in [2.45, 2.75) is 19.9 Å². The Morgan fingerprint density at radius 2 is 2.08 bits per heavy atom. The Balaban J connectivity index is 2.00. The Bertz CT molecular complexity index is 970. The van der Waals surface area contributed by atoms with Crippen LogP contribution in [0.1, 0.15) is 33.5 Å². The molecular formula is C17H17ClN4O3. The average Bonchev–Trinajstić information content (AvgIpc) is 3.06. The number of carboxylic acid groups (broad SMARTS) is 1. The number of halogens is 1. The first-order valence-electron chi connectivity index (χ1n) is 7.60. The molecule has 1 aromatic carbocycles. The zero-order valence-corrected chi connectivity index (χ0v) is 14.7. The van der Waals surface area contributed by atoms with Gasteiger partial charge in [-0.05, 0) is 26.0 Å². The van der Waals surface area contributed by atoms with Gasteiger partial charge in [-0.2, -0.15) is 5.10 Å². The molecular weight excluding hydrogens is 344 g/mol. The number of aromatic nitrogens is 3. The molecule has 0 bridgehead atoms. The van der Waals surface area contributed by atoms with Gasteiger partial charge >= 0.3 is 5.97 Å². The number of rotatable bonds is 4. The first-order valence-corrected chi connectivity index (χ1v) is 7.98. The van der Waals surface area contributed by atoms with Crippen LogP contribution in [0.5, 0.6) is 0 Å². The summed E-state index contributed by atoms with van der Waals surface area (Å²) in [5, 5.41) is 20.2. The minimum Gasteiger partial charge on any atom is -0.479 e. The Morgan fingerprint density at radius 3 is 2.64 bits per heavy atom. The SMILES string of the molecule is Cc1n[nH]c(C)c1C(NC(=O)c1cc2cccc(Cl)c2n1C)C(=O)O. The summed E-state index contributed by atoms with van der Waals surface area (Å²) >= 11 is 6.20. The van der Waals surface area contributed by atoms with Crippen molar-refractivity contribution >= 4 is 34.4 Å². The summed E-state index contributed by atoms with van der Waals surface area (Å²) in [6.07, 6.45) is 0. The number of hydrogen-bond donors (Lipinski definition) is 3. The zero-order valence-electron chi connectivity index (χ0n) is 13.9. The van der Waals surface area contributed by atoms with Crippen molar-refractivity contribution in [3.05, 3.63) is 51.9 Å². The van der Waals surface area contributed by atoms with E-state index in [0.717, 1.165) is 10.9 Å². The minimum absolute atomic E-state index is 0.327. The highest BCUT2D eigenvalue weighted by Gasteiger charge is 2.28. The van der Waals surface area contributed by atoms with E-state index in [1.807, 2.05) is 6.07 Å². The van der Waals surface area contributed by atoms with E-state index in [1.54, 1.807) is 43.7 Å². The van der Waals surface area contributed by atoms with Gasteiger partial charge in [-0.25, -0.2) is 4.79 Å². The highest BCUT2D eigenvalue weighted by atomic mass is 35.5. The standard InChI is InChI=1S/C17H17ClN4O3/c1-8-13(9(2)21-20-8)14(17(24)25)19-16(23)12-7-10-5-4-6-11(18)15(10)22(12)3/h4-7,14H,1-3H3,(H,19,23)(H,20,21)(H,24,25). The van der Waals surface area contributed by atoms with Crippen molar-refractivity contribution in [2.24, 2.45) is 7.05 Å². The van der Waals surface area contributed by atoms with Crippen LogP contribution in [0.25, 0.3) is 10.9 Å². The van der Waals surface area contributed by atoms with Gasteiger partial charge < -0.3 is 15.0 Å². The number of para-hydroxylation sites is 1. The molecule has 0 aliphatic heterocycles. The van der Waals surface area contributed by atoms with Crippen LogP contribution in [-0.4, -0.2) is 31.7 Å². The second kappa shape index (κ2) is 6.25. The highest BCUT2D eigenvalue weighted by molar-refractivity contribution is 6.35. The summed E-state index contributed by atoms with van der Waals surface area (Å²) < 4.78 is 1.65. The van der Waals surface area contributed by atoms with Gasteiger partial charge in [-0.15, -0.1) is 0 Å². The van der Waals surface area contributed by atoms with Crippen molar-refractivity contribution in [3.8, 4) is 0 Å². The second-order valence-corrected chi connectivity index (χ2v) is 6.27. The fraction of sp³-hybridized carbons (Fsp3) is 0.235. The number of carbonyl (C=O) groups excluding carboxylic acids is 1. The molecule has 0 saturated heterocycles. The van der Waals surface area contributed by atoms with Crippen molar-refractivity contribution in [1.29, 1.82) is 0 Å². The van der Waals surface area contributed by atoms with Crippen molar-refractivity contribution in [2.75, 3.05) is 0 Å². The molecule has 1 atom stereocenters. The van der Waals surface area contributed by atoms with Crippen LogP contribution in [0.3, 0.4) is 0 Å². The van der Waals surface area contributed by atoms with Gasteiger partial charge in [0.15, 0.2) is 6.04 Å². The molecule has 3 aromatic rings. The molecule has 1 unspecified atom stereocenters. The molecule has 0 radical (unpaired) electrons. The number of aromatic amines is 1. The second-order valence-electron chi connectivity index (χ2n) is 5.86. The lowest BCUT2D eigenvalue weighted by atomic mass is 10.0. The number of benzene rings is 1. The number of hydrogen-bond acceptors (Lipinski definition) is 3. The van der Waals surface area contributed by atoms with Gasteiger partial charge in [0, 0.05) is 23.7 Å². The van der Waals surface area contributed by atoms with Crippen LogP contribution >= 0.6 is 11.6 Å². The smallest absolute Gasteiger partial charge is 0.331 e. The normalized spacial score (nSPS) is 12.3. The van der Waals surface area contributed by atoms with Gasteiger partial charge in [0.25, 0.3) is 5.91 Å². The molecule has 0 spiro atoms. The summed E-state index contributed by atoms with van der Waals surface area (Å²) in [4.78, 5) is 24.4. The number of H-pyrrole nitrogens is 1. The topological polar surface area (TPSA) is 100 Å². The lowest BCUT2D eigenvalue weighted by Gasteiger charge is -2.15. The third-order valence-corrected chi connectivity index (χ3v) is 4.54. The third kappa shape index (κ3) is 2.87. The number of nitrogens with zero attached hydrogens (tertiary/aromatic N) is 2. The molecule has 7 nitrogen and oxygen atoms in total. The van der Waals surface area contributed by atoms with Crippen molar-refractivity contribution in [3.63, 3.8) is 0 Å². The average molecular weight is 361 g/mol. The van der Waals surface area contributed by atoms with Gasteiger partial charge in [0.2, 0.25) is 0 Å². The van der Waals surface area contributed by atoms with E-state index >= 15 is 0 Å². The summed E-state index contributed by atoms with van der Waals surface area (Å²) in [6.45, 7) is 3.41. The molecule has 25 heavy (non-hydrogen) atoms. The van der Waals surface area contributed by atoms with Crippen LogP contribution in [0.4, 0.5) is 0 Å². The monoisotopic (exact) mass is 360 g/mol. The van der Waals surface area contributed by atoms with Crippen LogP contribution < -0.4 is 5.32 Å². The van der Waals surface area contributed by atoms with Crippen LogP contribution in [0.15, 0.2) is 24.3 Å². The number of nitrogens with one attached hydrogen (secondary N) is 2. The first-order chi connectivity index (χ1) is 11.8. The van der Waals surface area contributed by atoms with Crippen LogP contribution in [0, 0.1) is 13.8 Å². The molecule has 3 N–H and O–H groups in total. The van der Waals surface area contributed by atoms with Crippen LogP contribution in [-0.2, 0) is 11.8 Å². The van der Waals surface area contributed by atoms with E-state index in [1.165, 1.54) is 0 Å². The number of fused-ring (bicyclic) bond motifs is 1. The Hall–Kier alpha value is -2.80. The predicted molar refractivity (Wildman–Crippen MR) is 93.8 cm³/mol. The van der Waals surface area contributed by atoms with E-state index < -0.39 is 17.9 Å². The molecule has 0 fully saturated rings. The first kappa shape index (κ1) is 17.0. The Labute approximate surface area is 148 Å².